The highest BCUT2D eigenvalue weighted by Gasteiger charge is 2.29. The maximum Gasteiger partial charge on any atom is 0.320 e. The number of hydrogen-bond acceptors (Lipinski definition) is 6. The van der Waals surface area contributed by atoms with E-state index in [-0.39, 0.29) is 46.1 Å². The Hall–Kier alpha value is -2.55. The minimum absolute atomic E-state index is 0. The average molecular weight is 628 g/mol. The minimum atomic E-state index is -0.166. The Morgan fingerprint density at radius 1 is 0.854 bits per heavy atom. The van der Waals surface area contributed by atoms with Gasteiger partial charge < -0.3 is 9.64 Å². The first-order chi connectivity index (χ1) is 18.7. The molecule has 224 valence electrons. The summed E-state index contributed by atoms with van der Waals surface area (Å²) in [6, 6.07) is 12.7. The van der Waals surface area contributed by atoms with E-state index < -0.39 is 0 Å². The molecule has 0 amide bonds. The van der Waals surface area contributed by atoms with Crippen LogP contribution in [0.4, 0.5) is 0 Å². The number of carbonyl (C=O) groups is 2. The largest absolute Gasteiger partial charge is 0.465 e. The quantitative estimate of drug-likeness (QED) is 0.305. The molecule has 2 heterocycles. The SMILES string of the molecule is Br.CCOC(=O)CN1CCN(Cc2cc(C(=O)CN3Cc4ccc(C(C)(C)C)cc4C3=N)cc(C(C)(C)C)c2)CC1. The average Bonchev–Trinajstić information content (AvgIpc) is 3.18. The fourth-order valence-electron chi connectivity index (χ4n) is 5.39. The Bertz CT molecular complexity index is 1270. The van der Waals surface area contributed by atoms with E-state index in [1.165, 1.54) is 5.56 Å². The molecule has 0 atom stereocenters. The van der Waals surface area contributed by atoms with Crippen molar-refractivity contribution in [1.29, 1.82) is 5.41 Å². The van der Waals surface area contributed by atoms with Crippen molar-refractivity contribution in [3.8, 4) is 0 Å². The van der Waals surface area contributed by atoms with Gasteiger partial charge in [0.15, 0.2) is 5.78 Å². The van der Waals surface area contributed by atoms with Crippen molar-refractivity contribution in [2.75, 3.05) is 45.9 Å². The summed E-state index contributed by atoms with van der Waals surface area (Å²) < 4.78 is 5.10. The molecule has 8 heteroatoms. The van der Waals surface area contributed by atoms with Crippen LogP contribution in [0, 0.1) is 5.41 Å². The number of nitrogens with one attached hydrogen (secondary N) is 1. The number of ketones is 1. The molecule has 1 N–H and O–H groups in total. The molecule has 0 spiro atoms. The lowest BCUT2D eigenvalue weighted by Crippen LogP contribution is -2.47. The van der Waals surface area contributed by atoms with Gasteiger partial charge in [-0.25, -0.2) is 0 Å². The van der Waals surface area contributed by atoms with E-state index in [9.17, 15) is 9.59 Å². The molecule has 0 aliphatic carbocycles. The minimum Gasteiger partial charge on any atom is -0.465 e. The van der Waals surface area contributed by atoms with Crippen molar-refractivity contribution in [3.05, 3.63) is 69.8 Å². The summed E-state index contributed by atoms with van der Waals surface area (Å²) in [5.74, 6) is 0.309. The van der Waals surface area contributed by atoms with Gasteiger partial charge in [0.2, 0.25) is 0 Å². The number of benzene rings is 2. The number of amidine groups is 1. The van der Waals surface area contributed by atoms with Crippen LogP contribution < -0.4 is 0 Å². The van der Waals surface area contributed by atoms with Crippen LogP contribution >= 0.6 is 17.0 Å². The van der Waals surface area contributed by atoms with Crippen LogP contribution in [-0.2, 0) is 33.5 Å². The number of hydrogen-bond donors (Lipinski definition) is 1. The van der Waals surface area contributed by atoms with E-state index in [0.29, 0.717) is 31.1 Å². The number of esters is 1. The summed E-state index contributed by atoms with van der Waals surface area (Å²) in [6.45, 7) is 20.5. The molecule has 1 saturated heterocycles. The molecule has 2 aromatic rings. The molecule has 2 aliphatic heterocycles. The van der Waals surface area contributed by atoms with Crippen LogP contribution in [-0.4, -0.2) is 78.2 Å². The third-order valence-electron chi connectivity index (χ3n) is 7.95. The van der Waals surface area contributed by atoms with Crippen LogP contribution in [0.25, 0.3) is 0 Å². The molecule has 2 aliphatic rings. The van der Waals surface area contributed by atoms with E-state index in [1.807, 2.05) is 24.0 Å². The van der Waals surface area contributed by atoms with Crippen molar-refractivity contribution >= 4 is 34.6 Å². The molecule has 41 heavy (non-hydrogen) atoms. The van der Waals surface area contributed by atoms with Gasteiger partial charge in [-0.3, -0.25) is 24.8 Å². The predicted octanol–water partition coefficient (Wildman–Crippen LogP) is 5.56. The second kappa shape index (κ2) is 13.2. The Kier molecular flexibility index (Phi) is 10.6. The van der Waals surface area contributed by atoms with Crippen LogP contribution in [0.3, 0.4) is 0 Å². The number of Topliss-reactive ketones (excluding diaryl/α,β-unsaturated/α-hetero) is 1. The second-order valence-corrected chi connectivity index (χ2v) is 13.3. The van der Waals surface area contributed by atoms with Crippen molar-refractivity contribution in [2.24, 2.45) is 0 Å². The van der Waals surface area contributed by atoms with Crippen LogP contribution in [0.2, 0.25) is 0 Å². The summed E-state index contributed by atoms with van der Waals surface area (Å²) in [5.41, 5.74) is 6.15. The zero-order chi connectivity index (χ0) is 29.2. The molecule has 0 unspecified atom stereocenters. The molecule has 4 rings (SSSR count). The van der Waals surface area contributed by atoms with Gasteiger partial charge >= 0.3 is 5.97 Å². The monoisotopic (exact) mass is 626 g/mol. The first-order valence-electron chi connectivity index (χ1n) is 14.5. The molecule has 0 saturated carbocycles. The van der Waals surface area contributed by atoms with Gasteiger partial charge in [0.25, 0.3) is 0 Å². The van der Waals surface area contributed by atoms with E-state index in [4.69, 9.17) is 10.1 Å². The first kappa shape index (κ1) is 33.0. The summed E-state index contributed by atoms with van der Waals surface area (Å²) in [5, 5.41) is 8.81. The topological polar surface area (TPSA) is 76.9 Å². The van der Waals surface area contributed by atoms with Gasteiger partial charge in [0, 0.05) is 50.4 Å². The third kappa shape index (κ3) is 8.27. The van der Waals surface area contributed by atoms with Gasteiger partial charge in [-0.1, -0.05) is 59.7 Å². The Labute approximate surface area is 256 Å². The highest BCUT2D eigenvalue weighted by atomic mass is 79.9. The van der Waals surface area contributed by atoms with Crippen molar-refractivity contribution < 1.29 is 14.3 Å². The number of carbonyl (C=O) groups excluding carboxylic acids is 2. The Morgan fingerprint density at radius 2 is 1.49 bits per heavy atom. The molecule has 0 radical (unpaired) electrons. The summed E-state index contributed by atoms with van der Waals surface area (Å²) in [7, 11) is 0. The maximum absolute atomic E-state index is 13.6. The predicted molar refractivity (Wildman–Crippen MR) is 171 cm³/mol. The maximum atomic E-state index is 13.6. The normalized spacial score (nSPS) is 16.4. The molecule has 2 aromatic carbocycles. The van der Waals surface area contributed by atoms with Gasteiger partial charge in [-0.2, -0.15) is 0 Å². The lowest BCUT2D eigenvalue weighted by atomic mass is 9.84. The molecule has 0 bridgehead atoms. The van der Waals surface area contributed by atoms with Gasteiger partial charge in [0.05, 0.1) is 19.7 Å². The van der Waals surface area contributed by atoms with Crippen molar-refractivity contribution in [1.82, 2.24) is 14.7 Å². The number of rotatable bonds is 8. The third-order valence-corrected chi connectivity index (χ3v) is 7.95. The van der Waals surface area contributed by atoms with E-state index in [1.54, 1.807) is 0 Å². The number of piperazine rings is 1. The van der Waals surface area contributed by atoms with E-state index >= 15 is 0 Å². The molecular weight excluding hydrogens is 580 g/mol. The second-order valence-electron chi connectivity index (χ2n) is 13.3. The smallest absolute Gasteiger partial charge is 0.320 e. The van der Waals surface area contributed by atoms with E-state index in [0.717, 1.165) is 55.0 Å². The molecular formula is C33H47BrN4O3. The van der Waals surface area contributed by atoms with Gasteiger partial charge in [0.1, 0.15) is 5.84 Å². The summed E-state index contributed by atoms with van der Waals surface area (Å²) in [6.07, 6.45) is 0. The standard InChI is InChI=1S/C33H46N4O3.BrH/c1-8-40-30(39)22-36-13-11-35(12-14-36)19-23-15-25(17-27(16-23)33(5,6)7)29(38)21-37-20-24-9-10-26(32(2,3)4)18-28(24)31(37)34;/h9-10,15-18,34H,8,11-14,19-22H2,1-7H3;1H. The van der Waals surface area contributed by atoms with Crippen LogP contribution in [0.15, 0.2) is 36.4 Å². The number of halogens is 1. The zero-order valence-corrected chi connectivity index (χ0v) is 27.5. The first-order valence-corrected chi connectivity index (χ1v) is 14.5. The lowest BCUT2D eigenvalue weighted by Gasteiger charge is -2.34. The number of ether oxygens (including phenoxy) is 1. The number of fused-ring (bicyclic) bond motifs is 1. The Balaban J connectivity index is 0.00000462. The van der Waals surface area contributed by atoms with Gasteiger partial charge in [-0.15, -0.1) is 17.0 Å². The summed E-state index contributed by atoms with van der Waals surface area (Å²) >= 11 is 0. The highest BCUT2D eigenvalue weighted by Crippen LogP contribution is 2.30. The zero-order valence-electron chi connectivity index (χ0n) is 25.8. The fraction of sp³-hybridized carbons (Fsp3) is 0.545. The van der Waals surface area contributed by atoms with Gasteiger partial charge in [-0.05, 0) is 58.2 Å². The summed E-state index contributed by atoms with van der Waals surface area (Å²) in [4.78, 5) is 31.9. The molecule has 1 fully saturated rings. The van der Waals surface area contributed by atoms with Crippen molar-refractivity contribution in [3.63, 3.8) is 0 Å². The Morgan fingerprint density at radius 3 is 2.10 bits per heavy atom. The number of nitrogens with zero attached hydrogens (tertiary/aromatic N) is 3. The molecule has 7 nitrogen and oxygen atoms in total. The fourth-order valence-corrected chi connectivity index (χ4v) is 5.39. The lowest BCUT2D eigenvalue weighted by molar-refractivity contribution is -0.144. The van der Waals surface area contributed by atoms with Crippen molar-refractivity contribution in [2.45, 2.75) is 72.4 Å². The van der Waals surface area contributed by atoms with E-state index in [2.05, 4.69) is 75.6 Å². The van der Waals surface area contributed by atoms with Crippen LogP contribution in [0.1, 0.15) is 86.6 Å². The van der Waals surface area contributed by atoms with Crippen LogP contribution in [0.5, 0.6) is 0 Å². The highest BCUT2D eigenvalue weighted by molar-refractivity contribution is 8.93. The molecule has 0 aromatic heterocycles.